The summed E-state index contributed by atoms with van der Waals surface area (Å²) in [6.07, 6.45) is 0.399. The zero-order valence-electron chi connectivity index (χ0n) is 13.0. The van der Waals surface area contributed by atoms with Gasteiger partial charge in [0.25, 0.3) is 0 Å². The first-order valence-corrected chi connectivity index (χ1v) is 7.90. The van der Waals surface area contributed by atoms with Crippen LogP contribution in [0.3, 0.4) is 0 Å². The van der Waals surface area contributed by atoms with Crippen LogP contribution in [0.25, 0.3) is 0 Å². The highest BCUT2D eigenvalue weighted by atomic mass is 19.1. The Morgan fingerprint density at radius 1 is 1.17 bits per heavy atom. The van der Waals surface area contributed by atoms with E-state index in [9.17, 15) is 4.39 Å². The number of hydrogen-bond donors (Lipinski definition) is 2. The van der Waals surface area contributed by atoms with Gasteiger partial charge in [0.15, 0.2) is 11.6 Å². The Kier molecular flexibility index (Phi) is 3.48. The topological polar surface area (TPSA) is 42.5 Å². The number of anilines is 2. The molecule has 23 heavy (non-hydrogen) atoms. The van der Waals surface area contributed by atoms with Crippen molar-refractivity contribution < 1.29 is 13.9 Å². The van der Waals surface area contributed by atoms with Crippen LogP contribution >= 0.6 is 0 Å². The molecule has 0 fully saturated rings. The third-order valence-corrected chi connectivity index (χ3v) is 4.24. The number of rotatable bonds is 2. The molecule has 0 amide bonds. The second-order valence-corrected chi connectivity index (χ2v) is 6.02. The summed E-state index contributed by atoms with van der Waals surface area (Å²) in [6, 6.07) is 9.75. The Labute approximate surface area is 134 Å². The number of nitrogens with one attached hydrogen (secondary N) is 2. The van der Waals surface area contributed by atoms with E-state index in [4.69, 9.17) is 9.47 Å². The molecule has 5 heteroatoms. The van der Waals surface area contributed by atoms with Gasteiger partial charge in [-0.3, -0.25) is 0 Å². The highest BCUT2D eigenvalue weighted by Gasteiger charge is 2.24. The molecule has 0 radical (unpaired) electrons. The Hall–Kier alpha value is -2.43. The summed E-state index contributed by atoms with van der Waals surface area (Å²) < 4.78 is 26.1. The van der Waals surface area contributed by atoms with E-state index < -0.39 is 0 Å². The van der Waals surface area contributed by atoms with Gasteiger partial charge in [0.05, 0.1) is 17.9 Å². The number of hydrogen-bond acceptors (Lipinski definition) is 4. The van der Waals surface area contributed by atoms with Crippen molar-refractivity contribution in [1.29, 1.82) is 0 Å². The summed E-state index contributed by atoms with van der Waals surface area (Å²) in [7, 11) is 0. The van der Waals surface area contributed by atoms with Crippen LogP contribution in [-0.4, -0.2) is 25.8 Å². The number of fused-ring (bicyclic) bond motifs is 2. The van der Waals surface area contributed by atoms with Gasteiger partial charge in [-0.15, -0.1) is 0 Å². The zero-order valence-corrected chi connectivity index (χ0v) is 13.0. The van der Waals surface area contributed by atoms with E-state index in [2.05, 4.69) is 10.6 Å². The molecule has 0 spiro atoms. The Morgan fingerprint density at radius 2 is 2.04 bits per heavy atom. The van der Waals surface area contributed by atoms with Crippen LogP contribution < -0.4 is 20.1 Å². The highest BCUT2D eigenvalue weighted by molar-refractivity contribution is 5.61. The van der Waals surface area contributed by atoms with E-state index in [0.29, 0.717) is 37.4 Å². The van der Waals surface area contributed by atoms with Gasteiger partial charge in [0.1, 0.15) is 18.5 Å². The van der Waals surface area contributed by atoms with E-state index >= 15 is 0 Å². The third kappa shape index (κ3) is 2.67. The summed E-state index contributed by atoms with van der Waals surface area (Å²) in [5.74, 6) is 0.875. The molecule has 120 valence electrons. The molecule has 2 aliphatic rings. The summed E-state index contributed by atoms with van der Waals surface area (Å²) >= 11 is 0. The fourth-order valence-electron chi connectivity index (χ4n) is 3.05. The first-order chi connectivity index (χ1) is 11.2. The molecule has 4 nitrogen and oxygen atoms in total. The van der Waals surface area contributed by atoms with E-state index in [-0.39, 0.29) is 11.9 Å². The standard InChI is InChI=1S/C18H19FN2O2/c1-11-2-4-14-16(8-11)23-13(10-21-14)9-12-3-5-15-18(17(12)19)22-7-6-20-15/h2-5,8,13,20-21H,6-7,9-10H2,1H3. The van der Waals surface area contributed by atoms with E-state index in [0.717, 1.165) is 22.7 Å². The predicted octanol–water partition coefficient (Wildman–Crippen LogP) is 3.35. The lowest BCUT2D eigenvalue weighted by molar-refractivity contribution is 0.204. The third-order valence-electron chi connectivity index (χ3n) is 4.24. The molecule has 0 aromatic heterocycles. The smallest absolute Gasteiger partial charge is 0.178 e. The SMILES string of the molecule is Cc1ccc2c(c1)OC(Cc1ccc3c(c1F)OCCN3)CN2. The van der Waals surface area contributed by atoms with E-state index in [1.165, 1.54) is 0 Å². The molecular formula is C18H19FN2O2. The molecule has 2 aromatic carbocycles. The van der Waals surface area contributed by atoms with Gasteiger partial charge in [0.2, 0.25) is 0 Å². The number of aryl methyl sites for hydroxylation is 1. The average Bonchev–Trinajstić information content (AvgIpc) is 2.57. The quantitative estimate of drug-likeness (QED) is 0.892. The minimum Gasteiger partial charge on any atom is -0.486 e. The van der Waals surface area contributed by atoms with Crippen LogP contribution in [0.15, 0.2) is 30.3 Å². The molecule has 2 aromatic rings. The Morgan fingerprint density at radius 3 is 2.96 bits per heavy atom. The number of halogens is 1. The predicted molar refractivity (Wildman–Crippen MR) is 88.2 cm³/mol. The van der Waals surface area contributed by atoms with Crippen molar-refractivity contribution in [2.75, 3.05) is 30.3 Å². The minimum atomic E-state index is -0.284. The molecular weight excluding hydrogens is 295 g/mol. The normalized spacial score (nSPS) is 18.6. The van der Waals surface area contributed by atoms with Gasteiger partial charge < -0.3 is 20.1 Å². The molecule has 0 aliphatic carbocycles. The van der Waals surface area contributed by atoms with Crippen molar-refractivity contribution in [1.82, 2.24) is 0 Å². The fraction of sp³-hybridized carbons (Fsp3) is 0.333. The van der Waals surface area contributed by atoms with Crippen LogP contribution in [0.2, 0.25) is 0 Å². The molecule has 1 unspecified atom stereocenters. The van der Waals surface area contributed by atoms with Crippen LogP contribution in [0, 0.1) is 12.7 Å². The summed E-state index contributed by atoms with van der Waals surface area (Å²) in [4.78, 5) is 0. The van der Waals surface area contributed by atoms with Gasteiger partial charge in [-0.2, -0.15) is 0 Å². The molecule has 4 rings (SSSR count). The van der Waals surface area contributed by atoms with Crippen LogP contribution in [0.4, 0.5) is 15.8 Å². The van der Waals surface area contributed by atoms with Gasteiger partial charge in [0, 0.05) is 13.0 Å². The lowest BCUT2D eigenvalue weighted by Gasteiger charge is -2.28. The lowest BCUT2D eigenvalue weighted by atomic mass is 10.0. The minimum absolute atomic E-state index is 0.103. The molecule has 2 aliphatic heterocycles. The zero-order chi connectivity index (χ0) is 15.8. The van der Waals surface area contributed by atoms with Gasteiger partial charge in [-0.05, 0) is 36.2 Å². The van der Waals surface area contributed by atoms with Gasteiger partial charge >= 0.3 is 0 Å². The fourth-order valence-corrected chi connectivity index (χ4v) is 3.05. The molecule has 2 heterocycles. The molecule has 0 saturated carbocycles. The Bertz CT molecular complexity index is 748. The van der Waals surface area contributed by atoms with Crippen molar-refractivity contribution in [2.24, 2.45) is 0 Å². The second-order valence-electron chi connectivity index (χ2n) is 6.02. The summed E-state index contributed by atoms with van der Waals surface area (Å²) in [5.41, 5.74) is 3.48. The van der Waals surface area contributed by atoms with Crippen LogP contribution in [0.1, 0.15) is 11.1 Å². The molecule has 0 saturated heterocycles. The highest BCUT2D eigenvalue weighted by Crippen LogP contribution is 2.34. The van der Waals surface area contributed by atoms with E-state index in [1.807, 2.05) is 37.3 Å². The van der Waals surface area contributed by atoms with Crippen molar-refractivity contribution >= 4 is 11.4 Å². The van der Waals surface area contributed by atoms with Crippen molar-refractivity contribution in [3.8, 4) is 11.5 Å². The monoisotopic (exact) mass is 314 g/mol. The van der Waals surface area contributed by atoms with Crippen molar-refractivity contribution in [3.05, 3.63) is 47.3 Å². The van der Waals surface area contributed by atoms with E-state index in [1.54, 1.807) is 0 Å². The summed E-state index contributed by atoms with van der Waals surface area (Å²) in [6.45, 7) is 3.88. The average molecular weight is 314 g/mol. The van der Waals surface area contributed by atoms with Crippen LogP contribution in [0.5, 0.6) is 11.5 Å². The largest absolute Gasteiger partial charge is 0.486 e. The van der Waals surface area contributed by atoms with Gasteiger partial charge in [-0.1, -0.05) is 12.1 Å². The van der Waals surface area contributed by atoms with Crippen molar-refractivity contribution in [3.63, 3.8) is 0 Å². The second kappa shape index (κ2) is 5.65. The van der Waals surface area contributed by atoms with Gasteiger partial charge in [-0.25, -0.2) is 4.39 Å². The molecule has 1 atom stereocenters. The number of benzene rings is 2. The molecule has 0 bridgehead atoms. The number of ether oxygens (including phenoxy) is 2. The maximum absolute atomic E-state index is 14.6. The first kappa shape index (κ1) is 14.2. The lowest BCUT2D eigenvalue weighted by Crippen LogP contribution is -2.33. The molecule has 2 N–H and O–H groups in total. The maximum Gasteiger partial charge on any atom is 0.178 e. The Balaban J connectivity index is 1.55. The van der Waals surface area contributed by atoms with Crippen molar-refractivity contribution in [2.45, 2.75) is 19.4 Å². The van der Waals surface area contributed by atoms with Crippen LogP contribution in [-0.2, 0) is 6.42 Å². The summed E-state index contributed by atoms with van der Waals surface area (Å²) in [5, 5.41) is 6.50. The first-order valence-electron chi connectivity index (χ1n) is 7.90. The maximum atomic E-state index is 14.6.